The Hall–Kier alpha value is -1.87. The van der Waals surface area contributed by atoms with Gasteiger partial charge in [0.25, 0.3) is 0 Å². The van der Waals surface area contributed by atoms with Crippen molar-refractivity contribution in [2.24, 2.45) is 4.99 Å². The summed E-state index contributed by atoms with van der Waals surface area (Å²) < 4.78 is 0. The van der Waals surface area contributed by atoms with E-state index in [0.717, 1.165) is 17.1 Å². The average molecular weight is 232 g/mol. The van der Waals surface area contributed by atoms with Gasteiger partial charge in [-0.15, -0.1) is 12.4 Å². The number of allylic oxidation sites excluding steroid dienone is 3. The Morgan fingerprint density at radius 2 is 2.19 bits per heavy atom. The number of hydrogen-bond acceptors (Lipinski definition) is 3. The number of nitrogens with zero attached hydrogens (tertiary/aromatic N) is 3. The zero-order valence-corrected chi connectivity index (χ0v) is 9.26. The molecule has 3 heterocycles. The van der Waals surface area contributed by atoms with Gasteiger partial charge in [-0.25, -0.2) is 4.98 Å². The quantitative estimate of drug-likeness (QED) is 0.687. The maximum atomic E-state index is 4.38. The minimum Gasteiger partial charge on any atom is -0.298 e. The predicted molar refractivity (Wildman–Crippen MR) is 68.7 cm³/mol. The molecule has 0 radical (unpaired) electrons. The van der Waals surface area contributed by atoms with Gasteiger partial charge in [-0.3, -0.25) is 9.89 Å². The molecule has 1 aromatic rings. The largest absolute Gasteiger partial charge is 0.298 e. The Balaban J connectivity index is 0.000000963. The minimum absolute atomic E-state index is 0. The molecule has 0 saturated heterocycles. The summed E-state index contributed by atoms with van der Waals surface area (Å²) in [5, 5.41) is 0. The van der Waals surface area contributed by atoms with Crippen molar-refractivity contribution in [2.45, 2.75) is 0 Å². The summed E-state index contributed by atoms with van der Waals surface area (Å²) in [4.78, 5) is 10.5. The summed E-state index contributed by atoms with van der Waals surface area (Å²) in [5.74, 6) is 0.944. The van der Waals surface area contributed by atoms with Gasteiger partial charge in [0.05, 0.1) is 11.9 Å². The van der Waals surface area contributed by atoms with Crippen LogP contribution in [0.4, 0.5) is 5.82 Å². The Kier molecular flexibility index (Phi) is 2.88. The lowest BCUT2D eigenvalue weighted by atomic mass is 10.2. The van der Waals surface area contributed by atoms with Crippen molar-refractivity contribution in [3.05, 3.63) is 54.1 Å². The van der Waals surface area contributed by atoms with Crippen molar-refractivity contribution < 1.29 is 0 Å². The normalized spacial score (nSPS) is 15.8. The van der Waals surface area contributed by atoms with Gasteiger partial charge in [-0.1, -0.05) is 12.2 Å². The molecule has 2 aliphatic rings. The molecule has 0 bridgehead atoms. The SMILES string of the molecule is C1=Cc2cccnc2N2C=CN=CC2=C1.Cl. The van der Waals surface area contributed by atoms with E-state index in [2.05, 4.69) is 22.1 Å². The number of rotatable bonds is 0. The van der Waals surface area contributed by atoms with Gasteiger partial charge >= 0.3 is 0 Å². The van der Waals surface area contributed by atoms with Gasteiger partial charge in [-0.05, 0) is 18.2 Å². The van der Waals surface area contributed by atoms with Crippen LogP contribution in [0.25, 0.3) is 6.08 Å². The van der Waals surface area contributed by atoms with Gasteiger partial charge in [0.2, 0.25) is 0 Å². The maximum Gasteiger partial charge on any atom is 0.144 e. The van der Waals surface area contributed by atoms with E-state index >= 15 is 0 Å². The highest BCUT2D eigenvalue weighted by atomic mass is 35.5. The topological polar surface area (TPSA) is 28.5 Å². The Bertz CT molecular complexity index is 515. The lowest BCUT2D eigenvalue weighted by Crippen LogP contribution is -2.19. The lowest BCUT2D eigenvalue weighted by Gasteiger charge is -2.21. The van der Waals surface area contributed by atoms with Crippen LogP contribution < -0.4 is 4.90 Å². The molecule has 0 aliphatic carbocycles. The molecule has 4 heteroatoms. The average Bonchev–Trinajstić information content (AvgIpc) is 2.48. The molecule has 0 N–H and O–H groups in total. The second-order valence-electron chi connectivity index (χ2n) is 3.31. The second kappa shape index (κ2) is 4.33. The van der Waals surface area contributed by atoms with E-state index in [1.807, 2.05) is 35.5 Å². The van der Waals surface area contributed by atoms with Crippen molar-refractivity contribution in [2.75, 3.05) is 4.90 Å². The van der Waals surface area contributed by atoms with Crippen LogP contribution in [-0.4, -0.2) is 11.2 Å². The van der Waals surface area contributed by atoms with Gasteiger partial charge < -0.3 is 0 Å². The fourth-order valence-electron chi connectivity index (χ4n) is 1.68. The standard InChI is InChI=1S/C12H9N3.ClH/c1-3-10-4-2-6-14-12(10)15-8-7-13-9-11(15)5-1;/h1-9H;1H. The number of hydrogen-bond donors (Lipinski definition) is 0. The molecule has 0 amide bonds. The highest BCUT2D eigenvalue weighted by Gasteiger charge is 2.15. The van der Waals surface area contributed by atoms with Crippen LogP contribution in [0.3, 0.4) is 0 Å². The highest BCUT2D eigenvalue weighted by Crippen LogP contribution is 2.26. The van der Waals surface area contributed by atoms with Crippen LogP contribution in [-0.2, 0) is 0 Å². The number of aromatic nitrogens is 1. The molecule has 80 valence electrons. The molecule has 0 aromatic carbocycles. The Labute approximate surface area is 99.9 Å². The molecule has 0 atom stereocenters. The highest BCUT2D eigenvalue weighted by molar-refractivity contribution is 5.89. The summed E-state index contributed by atoms with van der Waals surface area (Å²) >= 11 is 0. The zero-order valence-electron chi connectivity index (χ0n) is 8.45. The van der Waals surface area contributed by atoms with Crippen molar-refractivity contribution in [3.63, 3.8) is 0 Å². The third kappa shape index (κ3) is 1.66. The van der Waals surface area contributed by atoms with Gasteiger partial charge in [0, 0.05) is 24.2 Å². The molecule has 0 fully saturated rings. The molecule has 3 rings (SSSR count). The molecular formula is C12H10ClN3. The zero-order chi connectivity index (χ0) is 10.1. The van der Waals surface area contributed by atoms with Crippen LogP contribution in [0.5, 0.6) is 0 Å². The van der Waals surface area contributed by atoms with E-state index in [-0.39, 0.29) is 12.4 Å². The van der Waals surface area contributed by atoms with Crippen LogP contribution in [0, 0.1) is 0 Å². The molecule has 2 aliphatic heterocycles. The van der Waals surface area contributed by atoms with Gasteiger partial charge in [0.15, 0.2) is 0 Å². The maximum absolute atomic E-state index is 4.38. The van der Waals surface area contributed by atoms with E-state index in [4.69, 9.17) is 0 Å². The van der Waals surface area contributed by atoms with E-state index < -0.39 is 0 Å². The van der Waals surface area contributed by atoms with E-state index in [1.54, 1.807) is 12.4 Å². The van der Waals surface area contributed by atoms with Gasteiger partial charge in [-0.2, -0.15) is 0 Å². The number of pyridine rings is 1. The van der Waals surface area contributed by atoms with E-state index in [9.17, 15) is 0 Å². The van der Waals surface area contributed by atoms with Crippen molar-refractivity contribution in [1.82, 2.24) is 4.98 Å². The van der Waals surface area contributed by atoms with Crippen LogP contribution >= 0.6 is 12.4 Å². The van der Waals surface area contributed by atoms with Crippen molar-refractivity contribution in [3.8, 4) is 0 Å². The number of fused-ring (bicyclic) bond motifs is 3. The van der Waals surface area contributed by atoms with Gasteiger partial charge in [0.1, 0.15) is 5.82 Å². The minimum atomic E-state index is 0. The first-order chi connectivity index (χ1) is 7.45. The Morgan fingerprint density at radius 1 is 1.25 bits per heavy atom. The summed E-state index contributed by atoms with van der Waals surface area (Å²) in [6.07, 6.45) is 13.4. The number of anilines is 1. The third-order valence-corrected chi connectivity index (χ3v) is 2.37. The summed E-state index contributed by atoms with van der Waals surface area (Å²) in [7, 11) is 0. The number of halogens is 1. The molecule has 0 unspecified atom stereocenters. The fraction of sp³-hybridized carbons (Fsp3) is 0. The molecule has 16 heavy (non-hydrogen) atoms. The Morgan fingerprint density at radius 3 is 3.12 bits per heavy atom. The summed E-state index contributed by atoms with van der Waals surface area (Å²) in [5.41, 5.74) is 2.15. The first-order valence-corrected chi connectivity index (χ1v) is 4.77. The van der Waals surface area contributed by atoms with Crippen molar-refractivity contribution in [1.29, 1.82) is 0 Å². The van der Waals surface area contributed by atoms with E-state index in [0.29, 0.717) is 0 Å². The molecule has 3 nitrogen and oxygen atoms in total. The molecule has 0 spiro atoms. The summed E-state index contributed by atoms with van der Waals surface area (Å²) in [6, 6.07) is 3.99. The fourth-order valence-corrected chi connectivity index (χ4v) is 1.68. The smallest absolute Gasteiger partial charge is 0.144 e. The third-order valence-electron chi connectivity index (χ3n) is 2.37. The molecule has 1 aromatic heterocycles. The first-order valence-electron chi connectivity index (χ1n) is 4.77. The summed E-state index contributed by atoms with van der Waals surface area (Å²) in [6.45, 7) is 0. The molecular weight excluding hydrogens is 222 g/mol. The van der Waals surface area contributed by atoms with Crippen LogP contribution in [0.15, 0.2) is 53.6 Å². The van der Waals surface area contributed by atoms with Crippen molar-refractivity contribution >= 4 is 30.5 Å². The lowest BCUT2D eigenvalue weighted by molar-refractivity contribution is 1.12. The molecule has 0 saturated carbocycles. The van der Waals surface area contributed by atoms with Crippen LogP contribution in [0.2, 0.25) is 0 Å². The van der Waals surface area contributed by atoms with E-state index in [1.165, 1.54) is 0 Å². The van der Waals surface area contributed by atoms with Crippen LogP contribution in [0.1, 0.15) is 5.56 Å². The number of aliphatic imine (C=N–C) groups is 1. The predicted octanol–water partition coefficient (Wildman–Crippen LogP) is 2.78. The second-order valence-corrected chi connectivity index (χ2v) is 3.31. The monoisotopic (exact) mass is 231 g/mol. The first kappa shape index (κ1) is 10.6.